The minimum Gasteiger partial charge on any atom is -0.309 e. The second kappa shape index (κ2) is 4.76. The molecule has 0 saturated heterocycles. The predicted molar refractivity (Wildman–Crippen MR) is 68.9 cm³/mol. The molecular weight excluding hydrogens is 216 g/mol. The van der Waals surface area contributed by atoms with Gasteiger partial charge in [0, 0.05) is 11.1 Å². The molecule has 0 spiro atoms. The Morgan fingerprint density at radius 2 is 2.00 bits per heavy atom. The first-order valence-corrected chi connectivity index (χ1v) is 6.19. The van der Waals surface area contributed by atoms with Crippen LogP contribution >= 0.6 is 11.3 Å². The molecule has 1 atom stereocenters. The highest BCUT2D eigenvalue weighted by atomic mass is 32.1. The van der Waals surface area contributed by atoms with Gasteiger partial charge in [0.15, 0.2) is 0 Å². The van der Waals surface area contributed by atoms with Gasteiger partial charge in [-0.05, 0) is 32.0 Å². The van der Waals surface area contributed by atoms with E-state index in [4.69, 9.17) is 0 Å². The molecule has 0 aliphatic rings. The molecule has 0 aliphatic heterocycles. The Balaban J connectivity index is 2.40. The lowest BCUT2D eigenvalue weighted by molar-refractivity contribution is 0.698. The van der Waals surface area contributed by atoms with Crippen LogP contribution in [0.25, 0.3) is 0 Å². The van der Waals surface area contributed by atoms with Crippen LogP contribution in [0.3, 0.4) is 0 Å². The average molecular weight is 232 g/mol. The maximum atomic E-state index is 4.32. The monoisotopic (exact) mass is 232 g/mol. The van der Waals surface area contributed by atoms with Crippen molar-refractivity contribution in [3.63, 3.8) is 0 Å². The summed E-state index contributed by atoms with van der Waals surface area (Å²) in [6, 6.07) is 8.73. The maximum Gasteiger partial charge on any atom is 0.0897 e. The van der Waals surface area contributed by atoms with Crippen molar-refractivity contribution in [1.82, 2.24) is 10.3 Å². The van der Waals surface area contributed by atoms with Crippen molar-refractivity contribution in [3.8, 4) is 0 Å². The Bertz CT molecular complexity index is 476. The summed E-state index contributed by atoms with van der Waals surface area (Å²) in [6.45, 7) is 4.19. The van der Waals surface area contributed by atoms with Gasteiger partial charge in [0.1, 0.15) is 0 Å². The number of hydrogen-bond acceptors (Lipinski definition) is 3. The first kappa shape index (κ1) is 11.3. The zero-order chi connectivity index (χ0) is 11.5. The topological polar surface area (TPSA) is 24.9 Å². The second-order valence-electron chi connectivity index (χ2n) is 3.86. The zero-order valence-electron chi connectivity index (χ0n) is 9.82. The molecule has 3 heteroatoms. The van der Waals surface area contributed by atoms with E-state index in [0.29, 0.717) is 0 Å². The van der Waals surface area contributed by atoms with E-state index >= 15 is 0 Å². The molecule has 0 amide bonds. The summed E-state index contributed by atoms with van der Waals surface area (Å²) in [5, 5.41) is 4.47. The molecule has 84 valence electrons. The van der Waals surface area contributed by atoms with Crippen molar-refractivity contribution in [1.29, 1.82) is 0 Å². The van der Waals surface area contributed by atoms with E-state index in [1.54, 1.807) is 11.3 Å². The van der Waals surface area contributed by atoms with Gasteiger partial charge in [-0.1, -0.05) is 24.3 Å². The van der Waals surface area contributed by atoms with Gasteiger partial charge in [-0.25, -0.2) is 4.98 Å². The van der Waals surface area contributed by atoms with Crippen LogP contribution in [-0.2, 0) is 0 Å². The number of aryl methyl sites for hydroxylation is 2. The second-order valence-corrected chi connectivity index (χ2v) is 5.13. The first-order valence-electron chi connectivity index (χ1n) is 5.37. The van der Waals surface area contributed by atoms with Crippen molar-refractivity contribution >= 4 is 11.3 Å². The van der Waals surface area contributed by atoms with Gasteiger partial charge >= 0.3 is 0 Å². The van der Waals surface area contributed by atoms with Crippen LogP contribution in [0.15, 0.2) is 30.5 Å². The van der Waals surface area contributed by atoms with Gasteiger partial charge in [0.25, 0.3) is 0 Å². The molecule has 2 nitrogen and oxygen atoms in total. The Hall–Kier alpha value is -1.19. The van der Waals surface area contributed by atoms with Gasteiger partial charge in [0.05, 0.1) is 11.0 Å². The number of nitrogens with one attached hydrogen (secondary N) is 1. The number of aromatic nitrogens is 1. The molecule has 0 aliphatic carbocycles. The Kier molecular flexibility index (Phi) is 3.36. The summed E-state index contributed by atoms with van der Waals surface area (Å²) in [4.78, 5) is 5.59. The normalized spacial score (nSPS) is 12.7. The van der Waals surface area contributed by atoms with E-state index in [1.807, 2.05) is 20.2 Å². The van der Waals surface area contributed by atoms with Crippen LogP contribution in [0.4, 0.5) is 0 Å². The highest BCUT2D eigenvalue weighted by molar-refractivity contribution is 7.11. The lowest BCUT2D eigenvalue weighted by Gasteiger charge is -2.16. The molecule has 16 heavy (non-hydrogen) atoms. The molecular formula is C13H16N2S. The third kappa shape index (κ3) is 2.15. The quantitative estimate of drug-likeness (QED) is 0.879. The van der Waals surface area contributed by atoms with Crippen LogP contribution < -0.4 is 5.32 Å². The minimum atomic E-state index is 0.257. The summed E-state index contributed by atoms with van der Waals surface area (Å²) in [7, 11) is 1.99. The third-order valence-electron chi connectivity index (χ3n) is 2.71. The summed E-state index contributed by atoms with van der Waals surface area (Å²) in [5.74, 6) is 0. The molecule has 1 aromatic heterocycles. The Morgan fingerprint density at radius 1 is 1.25 bits per heavy atom. The van der Waals surface area contributed by atoms with Gasteiger partial charge in [-0.2, -0.15) is 0 Å². The summed E-state index contributed by atoms with van der Waals surface area (Å²) < 4.78 is 0. The number of hydrogen-bond donors (Lipinski definition) is 1. The van der Waals surface area contributed by atoms with Gasteiger partial charge in [0.2, 0.25) is 0 Å². The van der Waals surface area contributed by atoms with E-state index < -0.39 is 0 Å². The number of thiazole rings is 1. The molecule has 2 rings (SSSR count). The van der Waals surface area contributed by atoms with Crippen molar-refractivity contribution in [2.24, 2.45) is 0 Å². The molecule has 1 heterocycles. The van der Waals surface area contributed by atoms with Gasteiger partial charge in [-0.15, -0.1) is 11.3 Å². The summed E-state index contributed by atoms with van der Waals surface area (Å²) in [6.07, 6.45) is 1.97. The maximum absolute atomic E-state index is 4.32. The fourth-order valence-electron chi connectivity index (χ4n) is 1.87. The molecule has 0 bridgehead atoms. The molecule has 1 N–H and O–H groups in total. The number of benzene rings is 1. The number of rotatable bonds is 3. The van der Waals surface area contributed by atoms with E-state index in [1.165, 1.54) is 16.0 Å². The zero-order valence-corrected chi connectivity index (χ0v) is 10.6. The van der Waals surface area contributed by atoms with Crippen LogP contribution in [0, 0.1) is 13.8 Å². The lowest BCUT2D eigenvalue weighted by Crippen LogP contribution is -2.17. The molecule has 2 aromatic rings. The van der Waals surface area contributed by atoms with Crippen LogP contribution in [0.1, 0.15) is 27.1 Å². The smallest absolute Gasteiger partial charge is 0.0897 e. The fraction of sp³-hybridized carbons (Fsp3) is 0.308. The minimum absolute atomic E-state index is 0.257. The van der Waals surface area contributed by atoms with Gasteiger partial charge < -0.3 is 5.32 Å². The SMILES string of the molecule is CNC(c1cnc(C)s1)c1ccccc1C. The lowest BCUT2D eigenvalue weighted by atomic mass is 10.0. The van der Waals surface area contributed by atoms with Crippen LogP contribution in [0.5, 0.6) is 0 Å². The molecule has 0 fully saturated rings. The van der Waals surface area contributed by atoms with Crippen LogP contribution in [0.2, 0.25) is 0 Å². The highest BCUT2D eigenvalue weighted by Gasteiger charge is 2.15. The summed E-state index contributed by atoms with van der Waals surface area (Å²) >= 11 is 1.75. The van der Waals surface area contributed by atoms with E-state index in [9.17, 15) is 0 Å². The standard InChI is InChI=1S/C13H16N2S/c1-9-6-4-5-7-11(9)13(14-3)12-8-15-10(2)16-12/h4-8,13-14H,1-3H3. The predicted octanol–water partition coefficient (Wildman–Crippen LogP) is 3.07. The molecule has 0 radical (unpaired) electrons. The molecule has 0 saturated carbocycles. The molecule has 1 unspecified atom stereocenters. The van der Waals surface area contributed by atoms with Crippen molar-refractivity contribution in [2.45, 2.75) is 19.9 Å². The first-order chi connectivity index (χ1) is 7.72. The highest BCUT2D eigenvalue weighted by Crippen LogP contribution is 2.28. The largest absolute Gasteiger partial charge is 0.309 e. The van der Waals surface area contributed by atoms with Crippen molar-refractivity contribution in [2.75, 3.05) is 7.05 Å². The van der Waals surface area contributed by atoms with Gasteiger partial charge in [-0.3, -0.25) is 0 Å². The van der Waals surface area contributed by atoms with Crippen LogP contribution in [-0.4, -0.2) is 12.0 Å². The average Bonchev–Trinajstić information content (AvgIpc) is 2.69. The van der Waals surface area contributed by atoms with Crippen molar-refractivity contribution < 1.29 is 0 Å². The van der Waals surface area contributed by atoms with E-state index in [-0.39, 0.29) is 6.04 Å². The summed E-state index contributed by atoms with van der Waals surface area (Å²) in [5.41, 5.74) is 2.64. The van der Waals surface area contributed by atoms with Crippen molar-refractivity contribution in [3.05, 3.63) is 51.5 Å². The third-order valence-corrected chi connectivity index (χ3v) is 3.69. The fourth-order valence-corrected chi connectivity index (χ4v) is 2.79. The van der Waals surface area contributed by atoms with E-state index in [2.05, 4.69) is 41.5 Å². The Morgan fingerprint density at radius 3 is 2.56 bits per heavy atom. The number of nitrogens with zero attached hydrogens (tertiary/aromatic N) is 1. The van der Waals surface area contributed by atoms with E-state index in [0.717, 1.165) is 5.01 Å². The Labute approximate surface area is 100 Å². The molecule has 1 aromatic carbocycles.